The SMILES string of the molecule is COc1cc(CCC(=O)Nc2ccc(CC(C)C(=O)O)cc2)cc(OC)c1. The maximum absolute atomic E-state index is 12.2. The Morgan fingerprint density at radius 2 is 1.59 bits per heavy atom. The van der Waals surface area contributed by atoms with Gasteiger partial charge in [-0.3, -0.25) is 9.59 Å². The average Bonchev–Trinajstić information content (AvgIpc) is 2.67. The van der Waals surface area contributed by atoms with Crippen LogP contribution in [0.25, 0.3) is 0 Å². The zero-order valence-corrected chi connectivity index (χ0v) is 15.8. The molecule has 0 fully saturated rings. The van der Waals surface area contributed by atoms with Gasteiger partial charge in [-0.1, -0.05) is 19.1 Å². The minimum Gasteiger partial charge on any atom is -0.497 e. The van der Waals surface area contributed by atoms with Crippen molar-refractivity contribution in [2.75, 3.05) is 19.5 Å². The normalized spacial score (nSPS) is 11.5. The number of carbonyl (C=O) groups excluding carboxylic acids is 1. The predicted molar refractivity (Wildman–Crippen MR) is 103 cm³/mol. The van der Waals surface area contributed by atoms with Crippen LogP contribution in [0, 0.1) is 5.92 Å². The molecule has 0 aliphatic carbocycles. The summed E-state index contributed by atoms with van der Waals surface area (Å²) in [5.74, 6) is 0.0298. The molecule has 2 N–H and O–H groups in total. The lowest BCUT2D eigenvalue weighted by Crippen LogP contribution is -2.13. The highest BCUT2D eigenvalue weighted by Crippen LogP contribution is 2.23. The number of hydrogen-bond acceptors (Lipinski definition) is 4. The van der Waals surface area contributed by atoms with E-state index in [1.807, 2.05) is 24.3 Å². The molecule has 2 aromatic rings. The summed E-state index contributed by atoms with van der Waals surface area (Å²) in [6.07, 6.45) is 1.35. The molecule has 0 radical (unpaired) electrons. The Labute approximate surface area is 159 Å². The van der Waals surface area contributed by atoms with Crippen LogP contribution >= 0.6 is 0 Å². The summed E-state index contributed by atoms with van der Waals surface area (Å²) in [5.41, 5.74) is 2.57. The van der Waals surface area contributed by atoms with E-state index in [2.05, 4.69) is 5.32 Å². The van der Waals surface area contributed by atoms with Crippen molar-refractivity contribution in [3.05, 3.63) is 53.6 Å². The van der Waals surface area contributed by atoms with Gasteiger partial charge in [0.05, 0.1) is 20.1 Å². The number of aryl methyl sites for hydroxylation is 1. The highest BCUT2D eigenvalue weighted by atomic mass is 16.5. The Balaban J connectivity index is 1.89. The number of nitrogens with one attached hydrogen (secondary N) is 1. The smallest absolute Gasteiger partial charge is 0.306 e. The van der Waals surface area contributed by atoms with Crippen LogP contribution in [0.15, 0.2) is 42.5 Å². The first-order chi connectivity index (χ1) is 12.9. The average molecular weight is 371 g/mol. The Bertz CT molecular complexity index is 763. The summed E-state index contributed by atoms with van der Waals surface area (Å²) < 4.78 is 10.5. The van der Waals surface area contributed by atoms with E-state index in [1.165, 1.54) is 0 Å². The maximum Gasteiger partial charge on any atom is 0.306 e. The maximum atomic E-state index is 12.2. The number of carboxylic acids is 1. The van der Waals surface area contributed by atoms with Crippen molar-refractivity contribution in [3.63, 3.8) is 0 Å². The molecule has 0 bridgehead atoms. The number of benzene rings is 2. The van der Waals surface area contributed by atoms with Crippen molar-refractivity contribution in [3.8, 4) is 11.5 Å². The molecule has 0 spiro atoms. The van der Waals surface area contributed by atoms with Gasteiger partial charge < -0.3 is 19.9 Å². The van der Waals surface area contributed by atoms with Crippen LogP contribution in [0.2, 0.25) is 0 Å². The summed E-state index contributed by atoms with van der Waals surface area (Å²) >= 11 is 0. The number of hydrogen-bond donors (Lipinski definition) is 2. The third kappa shape index (κ3) is 6.33. The number of carboxylic acid groups (broad SMARTS) is 1. The quantitative estimate of drug-likeness (QED) is 0.704. The topological polar surface area (TPSA) is 84.9 Å². The van der Waals surface area contributed by atoms with Gasteiger partial charge in [0, 0.05) is 18.2 Å². The first-order valence-electron chi connectivity index (χ1n) is 8.74. The molecule has 0 aliphatic rings. The van der Waals surface area contributed by atoms with Gasteiger partial charge in [-0.2, -0.15) is 0 Å². The molecule has 1 unspecified atom stereocenters. The zero-order chi connectivity index (χ0) is 19.8. The van der Waals surface area contributed by atoms with Crippen LogP contribution in [0.3, 0.4) is 0 Å². The van der Waals surface area contributed by atoms with E-state index in [4.69, 9.17) is 14.6 Å². The van der Waals surface area contributed by atoms with Crippen LogP contribution in [-0.2, 0) is 22.4 Å². The van der Waals surface area contributed by atoms with Crippen molar-refractivity contribution >= 4 is 17.6 Å². The summed E-state index contributed by atoms with van der Waals surface area (Å²) in [7, 11) is 3.18. The zero-order valence-electron chi connectivity index (χ0n) is 15.8. The van der Waals surface area contributed by atoms with Gasteiger partial charge in [0.2, 0.25) is 5.91 Å². The fourth-order valence-corrected chi connectivity index (χ4v) is 2.66. The molecular formula is C21H25NO5. The number of amides is 1. The summed E-state index contributed by atoms with van der Waals surface area (Å²) in [4.78, 5) is 23.1. The Morgan fingerprint density at radius 1 is 1.00 bits per heavy atom. The lowest BCUT2D eigenvalue weighted by atomic mass is 10.0. The van der Waals surface area contributed by atoms with Crippen LogP contribution in [-0.4, -0.2) is 31.2 Å². The number of anilines is 1. The number of aliphatic carboxylic acids is 1. The van der Waals surface area contributed by atoms with E-state index in [-0.39, 0.29) is 5.91 Å². The second-order valence-electron chi connectivity index (χ2n) is 6.41. The van der Waals surface area contributed by atoms with E-state index in [9.17, 15) is 9.59 Å². The van der Waals surface area contributed by atoms with Crippen molar-refractivity contribution in [2.24, 2.45) is 5.92 Å². The van der Waals surface area contributed by atoms with E-state index in [1.54, 1.807) is 39.3 Å². The van der Waals surface area contributed by atoms with Gasteiger partial charge in [-0.25, -0.2) is 0 Å². The first-order valence-corrected chi connectivity index (χ1v) is 8.74. The monoisotopic (exact) mass is 371 g/mol. The number of carbonyl (C=O) groups is 2. The molecule has 2 rings (SSSR count). The lowest BCUT2D eigenvalue weighted by molar-refractivity contribution is -0.141. The van der Waals surface area contributed by atoms with Crippen molar-refractivity contribution in [2.45, 2.75) is 26.2 Å². The number of methoxy groups -OCH3 is 2. The van der Waals surface area contributed by atoms with Crippen LogP contribution in [0.1, 0.15) is 24.5 Å². The lowest BCUT2D eigenvalue weighted by Gasteiger charge is -2.10. The highest BCUT2D eigenvalue weighted by molar-refractivity contribution is 5.90. The largest absolute Gasteiger partial charge is 0.497 e. The fourth-order valence-electron chi connectivity index (χ4n) is 2.66. The van der Waals surface area contributed by atoms with E-state index >= 15 is 0 Å². The summed E-state index contributed by atoms with van der Waals surface area (Å²) in [6.45, 7) is 1.67. The molecule has 0 saturated carbocycles. The van der Waals surface area contributed by atoms with Gasteiger partial charge >= 0.3 is 5.97 Å². The Hall–Kier alpha value is -3.02. The van der Waals surface area contributed by atoms with E-state index < -0.39 is 11.9 Å². The Kier molecular flexibility index (Phi) is 7.23. The minimum absolute atomic E-state index is 0.0940. The molecule has 1 atom stereocenters. The molecule has 0 heterocycles. The Morgan fingerprint density at radius 3 is 2.11 bits per heavy atom. The molecule has 1 amide bonds. The second-order valence-corrected chi connectivity index (χ2v) is 6.41. The van der Waals surface area contributed by atoms with Crippen molar-refractivity contribution in [1.29, 1.82) is 0 Å². The van der Waals surface area contributed by atoms with Gasteiger partial charge in [0.15, 0.2) is 0 Å². The number of ether oxygens (including phenoxy) is 2. The van der Waals surface area contributed by atoms with Crippen LogP contribution in [0.5, 0.6) is 11.5 Å². The molecule has 6 heteroatoms. The fraction of sp³-hybridized carbons (Fsp3) is 0.333. The first kappa shape index (κ1) is 20.3. The minimum atomic E-state index is -0.818. The molecule has 6 nitrogen and oxygen atoms in total. The van der Waals surface area contributed by atoms with Crippen LogP contribution < -0.4 is 14.8 Å². The number of rotatable bonds is 9. The van der Waals surface area contributed by atoms with E-state index in [0.717, 1.165) is 11.1 Å². The third-order valence-corrected chi connectivity index (χ3v) is 4.25. The van der Waals surface area contributed by atoms with Gasteiger partial charge in [-0.05, 0) is 48.2 Å². The van der Waals surface area contributed by atoms with Gasteiger partial charge in [0.25, 0.3) is 0 Å². The standard InChI is InChI=1S/C21H25NO5/c1-14(21(24)25)10-15-4-7-17(8-5-15)22-20(23)9-6-16-11-18(26-2)13-19(12-16)27-3/h4-5,7-8,11-14H,6,9-10H2,1-3H3,(H,22,23)(H,24,25). The molecule has 27 heavy (non-hydrogen) atoms. The van der Waals surface area contributed by atoms with Gasteiger partial charge in [0.1, 0.15) is 11.5 Å². The summed E-state index contributed by atoms with van der Waals surface area (Å²) in [5, 5.41) is 11.8. The van der Waals surface area contributed by atoms with Crippen molar-refractivity contribution < 1.29 is 24.2 Å². The summed E-state index contributed by atoms with van der Waals surface area (Å²) in [6, 6.07) is 12.8. The molecular weight excluding hydrogens is 346 g/mol. The van der Waals surface area contributed by atoms with Crippen molar-refractivity contribution in [1.82, 2.24) is 0 Å². The third-order valence-electron chi connectivity index (χ3n) is 4.25. The second kappa shape index (κ2) is 9.62. The van der Waals surface area contributed by atoms with Crippen LogP contribution in [0.4, 0.5) is 5.69 Å². The molecule has 0 aromatic heterocycles. The molecule has 144 valence electrons. The van der Waals surface area contributed by atoms with Gasteiger partial charge in [-0.15, -0.1) is 0 Å². The predicted octanol–water partition coefficient (Wildman–Crippen LogP) is 3.54. The highest BCUT2D eigenvalue weighted by Gasteiger charge is 2.11. The van der Waals surface area contributed by atoms with E-state index in [0.29, 0.717) is 36.4 Å². The molecule has 0 aliphatic heterocycles. The molecule has 2 aromatic carbocycles. The molecule has 0 saturated heterocycles.